The highest BCUT2D eigenvalue weighted by Crippen LogP contribution is 2.43. The summed E-state index contributed by atoms with van der Waals surface area (Å²) in [6, 6.07) is 52.9. The Morgan fingerprint density at radius 2 is 1.04 bits per heavy atom. The lowest BCUT2D eigenvalue weighted by atomic mass is 9.33. The van der Waals surface area contributed by atoms with Gasteiger partial charge in [-0.15, -0.1) is 0 Å². The summed E-state index contributed by atoms with van der Waals surface area (Å²) in [4.78, 5) is 0. The Morgan fingerprint density at radius 1 is 0.408 bits per heavy atom. The summed E-state index contributed by atoms with van der Waals surface area (Å²) in [5.74, 6) is 0. The third kappa shape index (κ3) is 3.19. The molecular formula is C46H29BN2. The van der Waals surface area contributed by atoms with Gasteiger partial charge in [-0.2, -0.15) is 0 Å². The lowest BCUT2D eigenvalue weighted by Crippen LogP contribution is -2.59. The number of nitrogens with zero attached hydrogens (tertiary/aromatic N) is 2. The fraction of sp³-hybridized carbons (Fsp3) is 0.0435. The molecule has 2 aliphatic heterocycles. The molecule has 2 aromatic heterocycles. The first-order valence-electron chi connectivity index (χ1n) is 17.3. The number of hydrogen-bond donors (Lipinski definition) is 0. The average molecular weight is 621 g/mol. The van der Waals surface area contributed by atoms with Crippen LogP contribution in [0.2, 0.25) is 0 Å². The van der Waals surface area contributed by atoms with Crippen molar-refractivity contribution >= 4 is 88.3 Å². The molecule has 0 saturated heterocycles. The molecule has 0 N–H and O–H groups in total. The number of aryl methyl sites for hydroxylation is 2. The molecule has 0 bridgehead atoms. The van der Waals surface area contributed by atoms with Gasteiger partial charge in [0.25, 0.3) is 6.71 Å². The van der Waals surface area contributed by atoms with Crippen LogP contribution in [0.1, 0.15) is 11.1 Å². The molecule has 0 unspecified atom stereocenters. The van der Waals surface area contributed by atoms with E-state index >= 15 is 0 Å². The van der Waals surface area contributed by atoms with E-state index in [0.29, 0.717) is 0 Å². The maximum Gasteiger partial charge on any atom is 0.253 e. The van der Waals surface area contributed by atoms with Gasteiger partial charge in [0.1, 0.15) is 0 Å². The fourth-order valence-electron chi connectivity index (χ4n) is 9.56. The molecule has 0 saturated carbocycles. The molecule has 0 fully saturated rings. The van der Waals surface area contributed by atoms with E-state index in [-0.39, 0.29) is 6.71 Å². The summed E-state index contributed by atoms with van der Waals surface area (Å²) < 4.78 is 5.21. The fourth-order valence-corrected chi connectivity index (χ4v) is 9.56. The van der Waals surface area contributed by atoms with Crippen molar-refractivity contribution in [2.24, 2.45) is 0 Å². The van der Waals surface area contributed by atoms with Crippen LogP contribution in [0, 0.1) is 13.8 Å². The molecule has 0 spiro atoms. The van der Waals surface area contributed by atoms with Crippen LogP contribution in [0.5, 0.6) is 0 Å². The van der Waals surface area contributed by atoms with Crippen molar-refractivity contribution in [3.05, 3.63) is 151 Å². The first-order chi connectivity index (χ1) is 24.1. The van der Waals surface area contributed by atoms with Crippen molar-refractivity contribution in [2.45, 2.75) is 13.8 Å². The molecule has 2 aliphatic rings. The highest BCUT2D eigenvalue weighted by Gasteiger charge is 2.42. The van der Waals surface area contributed by atoms with Crippen molar-refractivity contribution in [3.8, 4) is 22.5 Å². The molecule has 0 aliphatic carbocycles. The number of rotatable bonds is 1. The van der Waals surface area contributed by atoms with Crippen LogP contribution in [-0.4, -0.2) is 15.8 Å². The molecule has 49 heavy (non-hydrogen) atoms. The highest BCUT2D eigenvalue weighted by atomic mass is 15.0. The lowest BCUT2D eigenvalue weighted by Gasteiger charge is -2.35. The van der Waals surface area contributed by atoms with Gasteiger partial charge < -0.3 is 9.13 Å². The van der Waals surface area contributed by atoms with Crippen molar-refractivity contribution in [1.82, 2.24) is 9.13 Å². The second kappa shape index (κ2) is 8.89. The molecule has 10 aromatic rings. The van der Waals surface area contributed by atoms with Gasteiger partial charge in [-0.25, -0.2) is 0 Å². The lowest BCUT2D eigenvalue weighted by molar-refractivity contribution is 1.14. The smallest absolute Gasteiger partial charge is 0.253 e. The molecule has 0 amide bonds. The summed E-state index contributed by atoms with van der Waals surface area (Å²) in [6.45, 7) is 4.58. The zero-order chi connectivity index (χ0) is 32.1. The summed E-state index contributed by atoms with van der Waals surface area (Å²) >= 11 is 0. The Balaban J connectivity index is 1.38. The molecule has 12 rings (SSSR count). The zero-order valence-electron chi connectivity index (χ0n) is 27.3. The molecule has 3 heteroatoms. The Morgan fingerprint density at radius 3 is 1.86 bits per heavy atom. The summed E-state index contributed by atoms with van der Waals surface area (Å²) in [5, 5.41) is 10.5. The van der Waals surface area contributed by atoms with E-state index in [1.807, 2.05) is 0 Å². The van der Waals surface area contributed by atoms with Crippen LogP contribution < -0.4 is 16.4 Å². The van der Waals surface area contributed by atoms with Crippen molar-refractivity contribution in [3.63, 3.8) is 0 Å². The summed E-state index contributed by atoms with van der Waals surface area (Å²) in [5.41, 5.74) is 17.1. The first kappa shape index (κ1) is 26.0. The van der Waals surface area contributed by atoms with Gasteiger partial charge in [0.05, 0.1) is 11.0 Å². The summed E-state index contributed by atoms with van der Waals surface area (Å²) in [7, 11) is 0. The molecule has 0 atom stereocenters. The van der Waals surface area contributed by atoms with Gasteiger partial charge in [-0.3, -0.25) is 0 Å². The third-order valence-corrected chi connectivity index (χ3v) is 11.5. The Labute approximate surface area is 283 Å². The number of benzene rings is 8. The van der Waals surface area contributed by atoms with Crippen LogP contribution >= 0.6 is 0 Å². The second-order valence-corrected chi connectivity index (χ2v) is 14.3. The molecule has 2 nitrogen and oxygen atoms in total. The maximum atomic E-state index is 2.62. The van der Waals surface area contributed by atoms with E-state index in [1.165, 1.54) is 115 Å². The van der Waals surface area contributed by atoms with Gasteiger partial charge in [0.15, 0.2) is 0 Å². The van der Waals surface area contributed by atoms with Crippen molar-refractivity contribution in [1.29, 1.82) is 0 Å². The Kier molecular flexibility index (Phi) is 4.71. The van der Waals surface area contributed by atoms with Gasteiger partial charge in [0, 0.05) is 44.0 Å². The molecule has 4 heterocycles. The maximum absolute atomic E-state index is 2.62. The van der Waals surface area contributed by atoms with E-state index in [9.17, 15) is 0 Å². The van der Waals surface area contributed by atoms with E-state index in [1.54, 1.807) is 0 Å². The van der Waals surface area contributed by atoms with Gasteiger partial charge in [-0.05, 0) is 111 Å². The van der Waals surface area contributed by atoms with Crippen LogP contribution in [0.3, 0.4) is 0 Å². The Bertz CT molecular complexity index is 3120. The number of aromatic nitrogens is 2. The first-order valence-corrected chi connectivity index (χ1v) is 17.3. The number of fused-ring (bicyclic) bond motifs is 13. The largest absolute Gasteiger partial charge is 0.310 e. The molecule has 8 aromatic carbocycles. The molecule has 226 valence electrons. The van der Waals surface area contributed by atoms with E-state index < -0.39 is 0 Å². The zero-order valence-corrected chi connectivity index (χ0v) is 27.3. The van der Waals surface area contributed by atoms with Gasteiger partial charge in [0.2, 0.25) is 0 Å². The molecule has 0 radical (unpaired) electrons. The van der Waals surface area contributed by atoms with E-state index in [2.05, 4.69) is 163 Å². The van der Waals surface area contributed by atoms with E-state index in [4.69, 9.17) is 0 Å². The van der Waals surface area contributed by atoms with Crippen LogP contribution in [0.4, 0.5) is 0 Å². The SMILES string of the molecule is Cc1ccc2c(c1)c1cc(C)cc3c1n2-c1cc(-c2ccccc2)cc2c1B3c1c3ccccc3cc3c4cc5ccccc5cc4n-2c13. The summed E-state index contributed by atoms with van der Waals surface area (Å²) in [6.07, 6.45) is 0. The van der Waals surface area contributed by atoms with Crippen LogP contribution in [-0.2, 0) is 0 Å². The predicted octanol–water partition coefficient (Wildman–Crippen LogP) is 9.61. The monoisotopic (exact) mass is 620 g/mol. The average Bonchev–Trinajstić information content (AvgIpc) is 3.62. The van der Waals surface area contributed by atoms with Crippen LogP contribution in [0.25, 0.3) is 87.7 Å². The van der Waals surface area contributed by atoms with E-state index in [0.717, 1.165) is 0 Å². The predicted molar refractivity (Wildman–Crippen MR) is 210 cm³/mol. The second-order valence-electron chi connectivity index (χ2n) is 14.3. The number of hydrogen-bond acceptors (Lipinski definition) is 0. The normalized spacial score (nSPS) is 13.1. The highest BCUT2D eigenvalue weighted by molar-refractivity contribution is 7.01. The standard InChI is InChI=1S/C46H29BN2/c1-26-16-17-39-34(18-26)36-19-27(2)20-38-45(36)48(39)41-24-32(28-10-4-3-5-11-28)25-42-44(41)47(38)43-33-15-9-8-14-31(33)22-37-35-21-29-12-6-7-13-30(29)23-40(35)49(42)46(37)43/h3-25H,1-2H3. The molecular weight excluding hydrogens is 591 g/mol. The minimum atomic E-state index is 0.0926. The minimum Gasteiger partial charge on any atom is -0.310 e. The van der Waals surface area contributed by atoms with Crippen LogP contribution in [0.15, 0.2) is 140 Å². The third-order valence-electron chi connectivity index (χ3n) is 11.5. The topological polar surface area (TPSA) is 9.86 Å². The van der Waals surface area contributed by atoms with Crippen molar-refractivity contribution in [2.75, 3.05) is 0 Å². The Hall–Kier alpha value is -6.06. The van der Waals surface area contributed by atoms with Crippen molar-refractivity contribution < 1.29 is 0 Å². The quantitative estimate of drug-likeness (QED) is 0.162. The van der Waals surface area contributed by atoms with Gasteiger partial charge in [-0.1, -0.05) is 102 Å². The minimum absolute atomic E-state index is 0.0926. The van der Waals surface area contributed by atoms with Gasteiger partial charge >= 0.3 is 0 Å².